The lowest BCUT2D eigenvalue weighted by atomic mass is 9.97. The van der Waals surface area contributed by atoms with Gasteiger partial charge in [-0.05, 0) is 54.8 Å². The smallest absolute Gasteiger partial charge is 0.294 e. The maximum atomic E-state index is 11.4. The Morgan fingerprint density at radius 3 is 2.33 bits per heavy atom. The molecular weight excluding hydrogens is 322 g/mol. The van der Waals surface area contributed by atoms with Gasteiger partial charge in [0.05, 0.1) is 4.90 Å². The predicted molar refractivity (Wildman–Crippen MR) is 95.5 cm³/mol. The molecule has 0 saturated carbocycles. The molecule has 2 aromatic rings. The van der Waals surface area contributed by atoms with Crippen LogP contribution < -0.4 is 0 Å². The summed E-state index contributed by atoms with van der Waals surface area (Å²) in [5.74, 6) is 0. The number of rotatable bonds is 5. The third kappa shape index (κ3) is 4.12. The van der Waals surface area contributed by atoms with Gasteiger partial charge in [0.15, 0.2) is 0 Å². The highest BCUT2D eigenvalue weighted by Crippen LogP contribution is 2.25. The lowest BCUT2D eigenvalue weighted by Crippen LogP contribution is -2.19. The van der Waals surface area contributed by atoms with Crippen LogP contribution in [0.15, 0.2) is 65.6 Å². The maximum absolute atomic E-state index is 11.4. The van der Waals surface area contributed by atoms with Crippen molar-refractivity contribution < 1.29 is 13.0 Å². The quantitative estimate of drug-likeness (QED) is 0.845. The zero-order valence-corrected chi connectivity index (χ0v) is 14.2. The molecule has 0 amide bonds. The molecular formula is C19H21NO3S. The summed E-state index contributed by atoms with van der Waals surface area (Å²) in [6.45, 7) is 3.04. The molecule has 24 heavy (non-hydrogen) atoms. The molecule has 1 aliphatic heterocycles. The van der Waals surface area contributed by atoms with Gasteiger partial charge in [-0.1, -0.05) is 48.5 Å². The summed E-state index contributed by atoms with van der Waals surface area (Å²) in [6.07, 6.45) is 4.60. The van der Waals surface area contributed by atoms with E-state index in [0.717, 1.165) is 36.3 Å². The van der Waals surface area contributed by atoms with Crippen molar-refractivity contribution in [2.24, 2.45) is 0 Å². The molecule has 1 aliphatic rings. The second-order valence-corrected chi connectivity index (χ2v) is 7.42. The molecule has 3 rings (SSSR count). The van der Waals surface area contributed by atoms with Crippen molar-refractivity contribution in [3.8, 4) is 0 Å². The minimum Gasteiger partial charge on any atom is -0.300 e. The SMILES string of the molecule is O=S(=O)(O)c1cccc(/C(=C/CN2CCCC2)c2ccccc2)c1. The first-order valence-electron chi connectivity index (χ1n) is 8.10. The van der Waals surface area contributed by atoms with Crippen LogP contribution in [0.25, 0.3) is 5.57 Å². The van der Waals surface area contributed by atoms with Crippen molar-refractivity contribution >= 4 is 15.7 Å². The molecule has 1 saturated heterocycles. The van der Waals surface area contributed by atoms with E-state index in [1.165, 1.54) is 25.0 Å². The lowest BCUT2D eigenvalue weighted by molar-refractivity contribution is 0.377. The molecule has 0 aliphatic carbocycles. The van der Waals surface area contributed by atoms with Crippen molar-refractivity contribution in [2.45, 2.75) is 17.7 Å². The van der Waals surface area contributed by atoms with Gasteiger partial charge >= 0.3 is 0 Å². The highest BCUT2D eigenvalue weighted by atomic mass is 32.2. The molecule has 1 N–H and O–H groups in total. The molecule has 1 fully saturated rings. The number of nitrogens with zero attached hydrogens (tertiary/aromatic N) is 1. The number of likely N-dealkylation sites (tertiary alicyclic amines) is 1. The fourth-order valence-corrected chi connectivity index (χ4v) is 3.56. The van der Waals surface area contributed by atoms with Gasteiger partial charge in [-0.25, -0.2) is 0 Å². The minimum absolute atomic E-state index is 0.0806. The normalized spacial score (nSPS) is 16.5. The average Bonchev–Trinajstić information content (AvgIpc) is 3.09. The van der Waals surface area contributed by atoms with Crippen LogP contribution in [0.2, 0.25) is 0 Å². The molecule has 0 spiro atoms. The first-order chi connectivity index (χ1) is 11.5. The Hall–Kier alpha value is -1.95. The monoisotopic (exact) mass is 343 g/mol. The van der Waals surface area contributed by atoms with Crippen LogP contribution in [0.1, 0.15) is 24.0 Å². The summed E-state index contributed by atoms with van der Waals surface area (Å²) in [4.78, 5) is 2.30. The molecule has 5 heteroatoms. The average molecular weight is 343 g/mol. The highest BCUT2D eigenvalue weighted by molar-refractivity contribution is 7.85. The van der Waals surface area contributed by atoms with E-state index in [0.29, 0.717) is 0 Å². The zero-order chi connectivity index (χ0) is 17.0. The van der Waals surface area contributed by atoms with Crippen LogP contribution in [0.4, 0.5) is 0 Å². The second kappa shape index (κ2) is 7.30. The highest BCUT2D eigenvalue weighted by Gasteiger charge is 2.14. The Morgan fingerprint density at radius 2 is 1.67 bits per heavy atom. The van der Waals surface area contributed by atoms with Gasteiger partial charge in [-0.3, -0.25) is 9.45 Å². The van der Waals surface area contributed by atoms with E-state index in [-0.39, 0.29) is 4.90 Å². The van der Waals surface area contributed by atoms with Crippen molar-refractivity contribution in [1.82, 2.24) is 4.90 Å². The summed E-state index contributed by atoms with van der Waals surface area (Å²) in [6, 6.07) is 16.4. The molecule has 0 unspecified atom stereocenters. The van der Waals surface area contributed by atoms with Gasteiger partial charge in [0.1, 0.15) is 0 Å². The van der Waals surface area contributed by atoms with E-state index < -0.39 is 10.1 Å². The Balaban J connectivity index is 2.00. The summed E-state index contributed by atoms with van der Waals surface area (Å²) in [7, 11) is -4.21. The number of hydrogen-bond acceptors (Lipinski definition) is 3. The van der Waals surface area contributed by atoms with E-state index in [1.54, 1.807) is 6.07 Å². The van der Waals surface area contributed by atoms with Crippen LogP contribution in [0.5, 0.6) is 0 Å². The fourth-order valence-electron chi connectivity index (χ4n) is 3.03. The summed E-state index contributed by atoms with van der Waals surface area (Å²) in [5, 5.41) is 0. The minimum atomic E-state index is -4.21. The van der Waals surface area contributed by atoms with E-state index in [4.69, 9.17) is 0 Å². The van der Waals surface area contributed by atoms with Crippen LogP contribution in [0, 0.1) is 0 Å². The van der Waals surface area contributed by atoms with Gasteiger partial charge in [-0.15, -0.1) is 0 Å². The van der Waals surface area contributed by atoms with Gasteiger partial charge in [0, 0.05) is 6.54 Å². The van der Waals surface area contributed by atoms with Crippen molar-refractivity contribution in [3.63, 3.8) is 0 Å². The Labute approximate surface area is 143 Å². The number of benzene rings is 2. The second-order valence-electron chi connectivity index (χ2n) is 5.99. The summed E-state index contributed by atoms with van der Waals surface area (Å²) < 4.78 is 32.2. The van der Waals surface area contributed by atoms with Crippen molar-refractivity contribution in [2.75, 3.05) is 19.6 Å². The van der Waals surface area contributed by atoms with Gasteiger partial charge in [0.25, 0.3) is 10.1 Å². The molecule has 1 heterocycles. The summed E-state index contributed by atoms with van der Waals surface area (Å²) in [5.41, 5.74) is 2.80. The Kier molecular flexibility index (Phi) is 5.14. The Morgan fingerprint density at radius 1 is 1.00 bits per heavy atom. The lowest BCUT2D eigenvalue weighted by Gasteiger charge is -2.15. The van der Waals surface area contributed by atoms with Crippen LogP contribution in [-0.2, 0) is 10.1 Å². The molecule has 0 aromatic heterocycles. The summed E-state index contributed by atoms with van der Waals surface area (Å²) >= 11 is 0. The Bertz CT molecular complexity index is 823. The first kappa shape index (κ1) is 16.9. The fraction of sp³-hybridized carbons (Fsp3) is 0.263. The van der Waals surface area contributed by atoms with Crippen molar-refractivity contribution in [3.05, 3.63) is 71.8 Å². The van der Waals surface area contributed by atoms with Crippen molar-refractivity contribution in [1.29, 1.82) is 0 Å². The molecule has 4 nitrogen and oxygen atoms in total. The molecule has 0 atom stereocenters. The van der Waals surface area contributed by atoms with Gasteiger partial charge in [0.2, 0.25) is 0 Å². The maximum Gasteiger partial charge on any atom is 0.294 e. The standard InChI is InChI=1S/C19H21NO3S/c21-24(22,23)18-10-6-9-17(15-18)19(16-7-2-1-3-8-16)11-14-20-12-4-5-13-20/h1-3,6-11,15H,4-5,12-14H2,(H,21,22,23)/b19-11+. The molecule has 2 aromatic carbocycles. The first-order valence-corrected chi connectivity index (χ1v) is 9.54. The van der Waals surface area contributed by atoms with E-state index in [9.17, 15) is 13.0 Å². The van der Waals surface area contributed by atoms with E-state index in [1.807, 2.05) is 36.4 Å². The van der Waals surface area contributed by atoms with Crippen LogP contribution in [-0.4, -0.2) is 37.5 Å². The zero-order valence-electron chi connectivity index (χ0n) is 13.4. The molecule has 0 bridgehead atoms. The third-order valence-electron chi connectivity index (χ3n) is 4.28. The van der Waals surface area contributed by atoms with Crippen LogP contribution >= 0.6 is 0 Å². The van der Waals surface area contributed by atoms with Gasteiger partial charge in [-0.2, -0.15) is 8.42 Å². The number of hydrogen-bond donors (Lipinski definition) is 1. The van der Waals surface area contributed by atoms with E-state index >= 15 is 0 Å². The third-order valence-corrected chi connectivity index (χ3v) is 5.13. The van der Waals surface area contributed by atoms with Crippen LogP contribution in [0.3, 0.4) is 0 Å². The van der Waals surface area contributed by atoms with Gasteiger partial charge < -0.3 is 0 Å². The predicted octanol–water partition coefficient (Wildman–Crippen LogP) is 3.46. The molecule has 0 radical (unpaired) electrons. The topological polar surface area (TPSA) is 57.6 Å². The largest absolute Gasteiger partial charge is 0.300 e. The molecule has 126 valence electrons. The van der Waals surface area contributed by atoms with E-state index in [2.05, 4.69) is 11.0 Å².